The molecule has 1 rings (SSSR count). The molecule has 0 bridgehead atoms. The number of esters is 2. The van der Waals surface area contributed by atoms with Crippen LogP contribution in [-0.4, -0.2) is 30.8 Å². The molecule has 0 spiro atoms. The lowest BCUT2D eigenvalue weighted by molar-refractivity contribution is -0.192. The maximum atomic E-state index is 11.8. The molecule has 1 aliphatic carbocycles. The van der Waals surface area contributed by atoms with Crippen LogP contribution in [0.25, 0.3) is 0 Å². The molecular weight excluding hydrogens is 373 g/mol. The Labute approximate surface area is 167 Å². The van der Waals surface area contributed by atoms with Crippen molar-refractivity contribution in [3.05, 3.63) is 0 Å². The number of ether oxygens (including phenoxy) is 2. The van der Waals surface area contributed by atoms with Gasteiger partial charge < -0.3 is 9.47 Å². The molecule has 0 amide bonds. The third-order valence-corrected chi connectivity index (χ3v) is 5.48. The van der Waals surface area contributed by atoms with Crippen molar-refractivity contribution < 1.29 is 32.2 Å². The predicted molar refractivity (Wildman–Crippen MR) is 103 cm³/mol. The summed E-state index contributed by atoms with van der Waals surface area (Å²) in [5, 5.41) is 0. The number of hydrogen-bond acceptors (Lipinski definition) is 4. The van der Waals surface area contributed by atoms with E-state index in [2.05, 4.69) is 11.7 Å². The zero-order valence-electron chi connectivity index (χ0n) is 18.4. The highest BCUT2D eigenvalue weighted by Gasteiger charge is 2.34. The van der Waals surface area contributed by atoms with Crippen molar-refractivity contribution in [2.24, 2.45) is 16.7 Å². The zero-order valence-corrected chi connectivity index (χ0v) is 18.4. The largest absolute Gasteiger partial charge is 0.462 e. The molecule has 1 fully saturated rings. The summed E-state index contributed by atoms with van der Waals surface area (Å²) in [6, 6.07) is 0. The van der Waals surface area contributed by atoms with Gasteiger partial charge in [0.15, 0.2) is 6.61 Å². The first kappa shape index (κ1) is 26.7. The smallest absolute Gasteiger partial charge is 0.422 e. The van der Waals surface area contributed by atoms with Crippen molar-refractivity contribution in [3.8, 4) is 0 Å². The third-order valence-electron chi connectivity index (χ3n) is 5.48. The second-order valence-electron chi connectivity index (χ2n) is 8.95. The Balaban J connectivity index is 0.000000528. The molecule has 0 aliphatic heterocycles. The van der Waals surface area contributed by atoms with E-state index in [9.17, 15) is 22.8 Å². The quantitative estimate of drug-likeness (QED) is 0.499. The average molecular weight is 411 g/mol. The molecule has 0 aromatic carbocycles. The SMILES string of the molecule is CCC(C)(C)C(=O)OC1CCC(C)CC1.CCC(C)(C)C(=O)OCC(F)(F)F. The fourth-order valence-electron chi connectivity index (χ4n) is 2.29. The van der Waals surface area contributed by atoms with Gasteiger partial charge in [0, 0.05) is 0 Å². The van der Waals surface area contributed by atoms with E-state index < -0.39 is 24.2 Å². The van der Waals surface area contributed by atoms with Gasteiger partial charge in [-0.05, 0) is 72.1 Å². The molecular formula is C21H37F3O4. The lowest BCUT2D eigenvalue weighted by atomic mass is 9.87. The van der Waals surface area contributed by atoms with Gasteiger partial charge in [-0.2, -0.15) is 13.2 Å². The van der Waals surface area contributed by atoms with Crippen molar-refractivity contribution in [2.45, 2.75) is 99.3 Å². The van der Waals surface area contributed by atoms with Crippen LogP contribution in [0, 0.1) is 16.7 Å². The fourth-order valence-corrected chi connectivity index (χ4v) is 2.29. The van der Waals surface area contributed by atoms with E-state index in [0.29, 0.717) is 6.42 Å². The number of alkyl halides is 3. The van der Waals surface area contributed by atoms with Crippen LogP contribution < -0.4 is 0 Å². The Morgan fingerprint density at radius 2 is 1.29 bits per heavy atom. The maximum absolute atomic E-state index is 11.8. The molecule has 0 aromatic rings. The Bertz CT molecular complexity index is 490. The van der Waals surface area contributed by atoms with Gasteiger partial charge in [0.2, 0.25) is 0 Å². The van der Waals surface area contributed by atoms with Crippen molar-refractivity contribution in [2.75, 3.05) is 6.61 Å². The molecule has 0 aromatic heterocycles. The summed E-state index contributed by atoms with van der Waals surface area (Å²) < 4.78 is 44.5. The fraction of sp³-hybridized carbons (Fsp3) is 0.905. The normalized spacial score (nSPS) is 20.6. The Hall–Kier alpha value is -1.27. The van der Waals surface area contributed by atoms with Crippen molar-refractivity contribution >= 4 is 11.9 Å². The van der Waals surface area contributed by atoms with Gasteiger partial charge >= 0.3 is 18.1 Å². The number of carbonyl (C=O) groups is 2. The highest BCUT2D eigenvalue weighted by atomic mass is 19.4. The molecule has 1 aliphatic rings. The highest BCUT2D eigenvalue weighted by molar-refractivity contribution is 5.76. The number of hydrogen-bond donors (Lipinski definition) is 0. The van der Waals surface area contributed by atoms with Gasteiger partial charge in [-0.15, -0.1) is 0 Å². The van der Waals surface area contributed by atoms with E-state index in [4.69, 9.17) is 4.74 Å². The maximum Gasteiger partial charge on any atom is 0.422 e. The van der Waals surface area contributed by atoms with Crippen LogP contribution in [0.3, 0.4) is 0 Å². The van der Waals surface area contributed by atoms with E-state index in [0.717, 1.165) is 25.2 Å². The summed E-state index contributed by atoms with van der Waals surface area (Å²) in [5.74, 6) is -0.0315. The van der Waals surface area contributed by atoms with E-state index >= 15 is 0 Å². The number of halogens is 3. The molecule has 28 heavy (non-hydrogen) atoms. The molecule has 4 nitrogen and oxygen atoms in total. The van der Waals surface area contributed by atoms with Crippen molar-refractivity contribution in [1.82, 2.24) is 0 Å². The summed E-state index contributed by atoms with van der Waals surface area (Å²) in [6.45, 7) is 11.5. The molecule has 1 saturated carbocycles. The first-order valence-corrected chi connectivity index (χ1v) is 10.1. The third kappa shape index (κ3) is 10.3. The lowest BCUT2D eigenvalue weighted by Gasteiger charge is -2.29. The standard InChI is InChI=1S/C13H24O2.C8H13F3O2/c1-5-13(3,4)12(14)15-11-8-6-10(2)7-9-11;1-4-7(2,3)6(12)13-5-8(9,10)11/h10-11H,5-9H2,1-4H3;4-5H2,1-3H3. The Kier molecular flexibility index (Phi) is 10.6. The van der Waals surface area contributed by atoms with Gasteiger partial charge in [0.25, 0.3) is 0 Å². The van der Waals surface area contributed by atoms with Crippen LogP contribution in [0.15, 0.2) is 0 Å². The van der Waals surface area contributed by atoms with Crippen LogP contribution in [0.2, 0.25) is 0 Å². The van der Waals surface area contributed by atoms with Gasteiger partial charge in [-0.3, -0.25) is 9.59 Å². The van der Waals surface area contributed by atoms with Crippen LogP contribution in [0.5, 0.6) is 0 Å². The second kappa shape index (κ2) is 11.1. The number of rotatable bonds is 6. The second-order valence-corrected chi connectivity index (χ2v) is 8.95. The molecule has 0 saturated heterocycles. The lowest BCUT2D eigenvalue weighted by Crippen LogP contribution is -2.31. The van der Waals surface area contributed by atoms with Gasteiger partial charge in [-0.1, -0.05) is 20.8 Å². The minimum atomic E-state index is -4.44. The first-order chi connectivity index (χ1) is 12.6. The minimum Gasteiger partial charge on any atom is -0.462 e. The summed E-state index contributed by atoms with van der Waals surface area (Å²) in [7, 11) is 0. The van der Waals surface area contributed by atoms with Crippen LogP contribution in [0.4, 0.5) is 13.2 Å². The monoisotopic (exact) mass is 410 g/mol. The number of carbonyl (C=O) groups excluding carboxylic acids is 2. The molecule has 7 heteroatoms. The van der Waals surface area contributed by atoms with Crippen molar-refractivity contribution in [3.63, 3.8) is 0 Å². The topological polar surface area (TPSA) is 52.6 Å². The zero-order chi connectivity index (χ0) is 22.2. The van der Waals surface area contributed by atoms with Gasteiger partial charge in [-0.25, -0.2) is 0 Å². The van der Waals surface area contributed by atoms with E-state index in [1.54, 1.807) is 20.8 Å². The van der Waals surface area contributed by atoms with Crippen LogP contribution in [0.1, 0.15) is 87.0 Å². The molecule has 0 atom stereocenters. The first-order valence-electron chi connectivity index (χ1n) is 10.1. The summed E-state index contributed by atoms with van der Waals surface area (Å²) in [4.78, 5) is 22.8. The molecule has 0 N–H and O–H groups in total. The molecule has 0 unspecified atom stereocenters. The molecule has 0 radical (unpaired) electrons. The Morgan fingerprint density at radius 1 is 0.857 bits per heavy atom. The molecule has 166 valence electrons. The van der Waals surface area contributed by atoms with Crippen molar-refractivity contribution in [1.29, 1.82) is 0 Å². The Morgan fingerprint density at radius 3 is 1.68 bits per heavy atom. The van der Waals surface area contributed by atoms with Crippen LogP contribution in [-0.2, 0) is 19.1 Å². The average Bonchev–Trinajstić information content (AvgIpc) is 2.61. The summed E-state index contributed by atoms with van der Waals surface area (Å²) >= 11 is 0. The van der Waals surface area contributed by atoms with Crippen LogP contribution >= 0.6 is 0 Å². The van der Waals surface area contributed by atoms with E-state index in [1.165, 1.54) is 12.8 Å². The molecule has 0 heterocycles. The van der Waals surface area contributed by atoms with E-state index in [1.807, 2.05) is 20.8 Å². The highest BCUT2D eigenvalue weighted by Crippen LogP contribution is 2.29. The predicted octanol–water partition coefficient (Wildman–Crippen LogP) is 6.07. The minimum absolute atomic E-state index is 0.0236. The van der Waals surface area contributed by atoms with Gasteiger partial charge in [0.05, 0.1) is 10.8 Å². The van der Waals surface area contributed by atoms with Gasteiger partial charge in [0.1, 0.15) is 6.10 Å². The van der Waals surface area contributed by atoms with E-state index in [-0.39, 0.29) is 17.5 Å². The summed E-state index contributed by atoms with van der Waals surface area (Å²) in [6.07, 6.45) is 1.52. The summed E-state index contributed by atoms with van der Waals surface area (Å²) in [5.41, 5.74) is -1.16.